The minimum Gasteiger partial charge on any atom is -0.454 e. The lowest BCUT2D eigenvalue weighted by Crippen LogP contribution is -2.19. The van der Waals surface area contributed by atoms with Gasteiger partial charge in [-0.2, -0.15) is 0 Å². The van der Waals surface area contributed by atoms with Crippen LogP contribution in [0.5, 0.6) is 11.5 Å². The first-order chi connectivity index (χ1) is 9.34. The highest BCUT2D eigenvalue weighted by Gasteiger charge is 2.17. The number of pyridine rings is 1. The molecule has 1 atom stereocenters. The molecular weight excluding hydrogens is 240 g/mol. The zero-order chi connectivity index (χ0) is 13.1. The molecule has 2 heterocycles. The van der Waals surface area contributed by atoms with Gasteiger partial charge < -0.3 is 14.8 Å². The van der Waals surface area contributed by atoms with Crippen molar-refractivity contribution in [2.75, 3.05) is 6.79 Å². The summed E-state index contributed by atoms with van der Waals surface area (Å²) < 4.78 is 10.9. The molecule has 0 aliphatic carbocycles. The monoisotopic (exact) mass is 256 g/mol. The molecule has 0 fully saturated rings. The topological polar surface area (TPSA) is 43.4 Å². The lowest BCUT2D eigenvalue weighted by molar-refractivity contribution is 0.173. The van der Waals surface area contributed by atoms with E-state index >= 15 is 0 Å². The van der Waals surface area contributed by atoms with Crippen LogP contribution in [0.15, 0.2) is 42.6 Å². The van der Waals surface area contributed by atoms with Gasteiger partial charge in [-0.05, 0) is 25.1 Å². The molecule has 0 saturated carbocycles. The van der Waals surface area contributed by atoms with Crippen molar-refractivity contribution in [2.45, 2.75) is 19.5 Å². The molecule has 3 rings (SSSR count). The quantitative estimate of drug-likeness (QED) is 0.913. The summed E-state index contributed by atoms with van der Waals surface area (Å²) >= 11 is 0. The van der Waals surface area contributed by atoms with E-state index in [2.05, 4.69) is 17.2 Å². The third-order valence-electron chi connectivity index (χ3n) is 3.21. The van der Waals surface area contributed by atoms with Gasteiger partial charge in [0.15, 0.2) is 11.5 Å². The first-order valence-electron chi connectivity index (χ1n) is 6.36. The van der Waals surface area contributed by atoms with Gasteiger partial charge in [0, 0.05) is 24.3 Å². The molecule has 0 bridgehead atoms. The van der Waals surface area contributed by atoms with E-state index in [4.69, 9.17) is 9.47 Å². The zero-order valence-corrected chi connectivity index (χ0v) is 10.8. The summed E-state index contributed by atoms with van der Waals surface area (Å²) in [4.78, 5) is 4.34. The maximum absolute atomic E-state index is 5.49. The fourth-order valence-electron chi connectivity index (χ4n) is 2.13. The summed E-state index contributed by atoms with van der Waals surface area (Å²) in [5.74, 6) is 1.67. The Morgan fingerprint density at radius 2 is 2.16 bits per heavy atom. The fourth-order valence-corrected chi connectivity index (χ4v) is 2.13. The van der Waals surface area contributed by atoms with Gasteiger partial charge in [-0.1, -0.05) is 18.2 Å². The van der Waals surface area contributed by atoms with E-state index < -0.39 is 0 Å². The van der Waals surface area contributed by atoms with Crippen molar-refractivity contribution in [3.05, 3.63) is 53.9 Å². The van der Waals surface area contributed by atoms with Gasteiger partial charge >= 0.3 is 0 Å². The second kappa shape index (κ2) is 5.28. The largest absolute Gasteiger partial charge is 0.454 e. The van der Waals surface area contributed by atoms with Crippen LogP contribution in [0.3, 0.4) is 0 Å². The second-order valence-corrected chi connectivity index (χ2v) is 4.51. The van der Waals surface area contributed by atoms with Crippen LogP contribution < -0.4 is 14.8 Å². The van der Waals surface area contributed by atoms with Crippen LogP contribution in [-0.2, 0) is 6.54 Å². The molecule has 0 spiro atoms. The Morgan fingerprint density at radius 1 is 1.21 bits per heavy atom. The van der Waals surface area contributed by atoms with Crippen LogP contribution in [0.2, 0.25) is 0 Å². The molecule has 19 heavy (non-hydrogen) atoms. The first kappa shape index (κ1) is 12.0. The van der Waals surface area contributed by atoms with Gasteiger partial charge in [-0.15, -0.1) is 0 Å². The minimum absolute atomic E-state index is 0.194. The van der Waals surface area contributed by atoms with Crippen LogP contribution >= 0.6 is 0 Å². The van der Waals surface area contributed by atoms with E-state index in [9.17, 15) is 0 Å². The molecule has 0 unspecified atom stereocenters. The van der Waals surface area contributed by atoms with Gasteiger partial charge in [-0.25, -0.2) is 0 Å². The van der Waals surface area contributed by atoms with Crippen LogP contribution in [-0.4, -0.2) is 11.8 Å². The van der Waals surface area contributed by atoms with Crippen molar-refractivity contribution in [3.63, 3.8) is 0 Å². The molecule has 1 aliphatic rings. The Bertz CT molecular complexity index is 557. The molecule has 0 amide bonds. The van der Waals surface area contributed by atoms with Crippen molar-refractivity contribution in [3.8, 4) is 11.5 Å². The molecule has 0 radical (unpaired) electrons. The first-order valence-corrected chi connectivity index (χ1v) is 6.36. The van der Waals surface area contributed by atoms with E-state index in [1.165, 1.54) is 0 Å². The molecule has 1 aliphatic heterocycles. The highest BCUT2D eigenvalue weighted by atomic mass is 16.7. The zero-order valence-electron chi connectivity index (χ0n) is 10.8. The summed E-state index contributed by atoms with van der Waals surface area (Å²) in [6.45, 7) is 3.13. The molecule has 4 heteroatoms. The number of aromatic nitrogens is 1. The Balaban J connectivity index is 1.69. The summed E-state index contributed by atoms with van der Waals surface area (Å²) in [5.41, 5.74) is 2.14. The normalized spacial score (nSPS) is 14.4. The summed E-state index contributed by atoms with van der Waals surface area (Å²) in [6.07, 6.45) is 1.81. The van der Waals surface area contributed by atoms with Gasteiger partial charge in [0.1, 0.15) is 0 Å². The average molecular weight is 256 g/mol. The maximum Gasteiger partial charge on any atom is 0.231 e. The SMILES string of the molecule is C[C@H](NCc1cccc2c1OCO2)c1ccccn1. The fraction of sp³-hybridized carbons (Fsp3) is 0.267. The Kier molecular flexibility index (Phi) is 3.33. The number of fused-ring (bicyclic) bond motifs is 1. The number of benzene rings is 1. The standard InChI is InChI=1S/C15H16N2O2/c1-11(13-6-2-3-8-16-13)17-9-12-5-4-7-14-15(12)19-10-18-14/h2-8,11,17H,9-10H2,1H3/t11-/m0/s1. The van der Waals surface area contributed by atoms with Crippen molar-refractivity contribution < 1.29 is 9.47 Å². The Hall–Kier alpha value is -2.07. The van der Waals surface area contributed by atoms with Gasteiger partial charge in [0.2, 0.25) is 6.79 Å². The van der Waals surface area contributed by atoms with E-state index in [0.29, 0.717) is 6.79 Å². The van der Waals surface area contributed by atoms with Crippen molar-refractivity contribution >= 4 is 0 Å². The van der Waals surface area contributed by atoms with E-state index in [0.717, 1.165) is 29.3 Å². The number of para-hydroxylation sites is 1. The lowest BCUT2D eigenvalue weighted by Gasteiger charge is -2.14. The predicted molar refractivity (Wildman–Crippen MR) is 72.1 cm³/mol. The second-order valence-electron chi connectivity index (χ2n) is 4.51. The predicted octanol–water partition coefficient (Wildman–Crippen LogP) is 2.66. The number of ether oxygens (including phenoxy) is 2. The molecule has 4 nitrogen and oxygen atoms in total. The third-order valence-corrected chi connectivity index (χ3v) is 3.21. The summed E-state index contributed by atoms with van der Waals surface area (Å²) in [6, 6.07) is 12.1. The maximum atomic E-state index is 5.49. The molecular formula is C15H16N2O2. The van der Waals surface area contributed by atoms with Crippen molar-refractivity contribution in [1.29, 1.82) is 0 Å². The molecule has 0 saturated heterocycles. The van der Waals surface area contributed by atoms with Crippen LogP contribution in [0.4, 0.5) is 0 Å². The van der Waals surface area contributed by atoms with Gasteiger partial charge in [-0.3, -0.25) is 4.98 Å². The number of hydrogen-bond acceptors (Lipinski definition) is 4. The Labute approximate surface area is 112 Å². The smallest absolute Gasteiger partial charge is 0.231 e. The molecule has 98 valence electrons. The van der Waals surface area contributed by atoms with Crippen molar-refractivity contribution in [1.82, 2.24) is 10.3 Å². The minimum atomic E-state index is 0.194. The average Bonchev–Trinajstić information content (AvgIpc) is 2.94. The molecule has 2 aromatic rings. The summed E-state index contributed by atoms with van der Waals surface area (Å²) in [5, 5.41) is 3.45. The van der Waals surface area contributed by atoms with Gasteiger partial charge in [0.05, 0.1) is 5.69 Å². The molecule has 1 aromatic heterocycles. The number of nitrogens with one attached hydrogen (secondary N) is 1. The van der Waals surface area contributed by atoms with Crippen LogP contribution in [0.25, 0.3) is 0 Å². The lowest BCUT2D eigenvalue weighted by atomic mass is 10.1. The summed E-state index contributed by atoms with van der Waals surface area (Å²) in [7, 11) is 0. The number of rotatable bonds is 4. The van der Waals surface area contributed by atoms with Gasteiger partial charge in [0.25, 0.3) is 0 Å². The molecule has 1 aromatic carbocycles. The van der Waals surface area contributed by atoms with Crippen LogP contribution in [0.1, 0.15) is 24.2 Å². The van der Waals surface area contributed by atoms with Crippen LogP contribution in [0, 0.1) is 0 Å². The molecule has 1 N–H and O–H groups in total. The number of hydrogen-bond donors (Lipinski definition) is 1. The third kappa shape index (κ3) is 2.53. The van der Waals surface area contributed by atoms with E-state index in [1.54, 1.807) is 0 Å². The Morgan fingerprint density at radius 3 is 3.00 bits per heavy atom. The van der Waals surface area contributed by atoms with Crippen molar-refractivity contribution in [2.24, 2.45) is 0 Å². The number of nitrogens with zero attached hydrogens (tertiary/aromatic N) is 1. The van der Waals surface area contributed by atoms with E-state index in [1.807, 2.05) is 42.6 Å². The highest BCUT2D eigenvalue weighted by molar-refractivity contribution is 5.48. The van der Waals surface area contributed by atoms with E-state index in [-0.39, 0.29) is 6.04 Å². The highest BCUT2D eigenvalue weighted by Crippen LogP contribution is 2.35.